The first-order chi connectivity index (χ1) is 11.9. The molecule has 1 saturated heterocycles. The summed E-state index contributed by atoms with van der Waals surface area (Å²) in [7, 11) is -2.17. The third-order valence-electron chi connectivity index (χ3n) is 4.87. The number of sulfonamides is 1. The highest BCUT2D eigenvalue weighted by Gasteiger charge is 2.65. The van der Waals surface area contributed by atoms with Crippen LogP contribution in [0, 0.1) is 0 Å². The Balaban J connectivity index is 1.62. The summed E-state index contributed by atoms with van der Waals surface area (Å²) in [5.41, 5.74) is -0.630. The average molecular weight is 369 g/mol. The molecule has 3 aliphatic rings. The van der Waals surface area contributed by atoms with Gasteiger partial charge in [-0.15, -0.1) is 0 Å². The van der Waals surface area contributed by atoms with E-state index in [1.54, 1.807) is 6.07 Å². The molecule has 0 bridgehead atoms. The molecule has 0 atom stereocenters. The molecule has 0 aromatic carbocycles. The molecule has 25 heavy (non-hydrogen) atoms. The molecular formula is C15H19N3O6S. The first-order valence-corrected chi connectivity index (χ1v) is 9.65. The van der Waals surface area contributed by atoms with Crippen molar-refractivity contribution < 1.29 is 27.4 Å². The van der Waals surface area contributed by atoms with Gasteiger partial charge in [0.2, 0.25) is 16.0 Å². The fourth-order valence-electron chi connectivity index (χ4n) is 3.46. The van der Waals surface area contributed by atoms with E-state index in [0.29, 0.717) is 31.7 Å². The minimum atomic E-state index is -3.48. The number of nitrogens with one attached hydrogen (secondary N) is 1. The van der Waals surface area contributed by atoms with E-state index in [2.05, 4.69) is 14.7 Å². The number of ether oxygens (including phenoxy) is 3. The summed E-state index contributed by atoms with van der Waals surface area (Å²) >= 11 is 0. The van der Waals surface area contributed by atoms with Gasteiger partial charge < -0.3 is 14.2 Å². The SMILES string of the molecule is COC(=O)C1(c2ccnc(NS(=O)(=O)C3CC3)n2)CC2(C1)OCCO2. The molecule has 2 heterocycles. The number of hydrogen-bond donors (Lipinski definition) is 1. The minimum Gasteiger partial charge on any atom is -0.468 e. The Morgan fingerprint density at radius 1 is 1.32 bits per heavy atom. The van der Waals surface area contributed by atoms with Gasteiger partial charge in [-0.1, -0.05) is 0 Å². The summed E-state index contributed by atoms with van der Waals surface area (Å²) in [6.07, 6.45) is 3.26. The molecule has 0 radical (unpaired) electrons. The number of anilines is 1. The van der Waals surface area contributed by atoms with Gasteiger partial charge in [0.1, 0.15) is 5.41 Å². The lowest BCUT2D eigenvalue weighted by Crippen LogP contribution is -2.60. The van der Waals surface area contributed by atoms with Crippen LogP contribution in [0.3, 0.4) is 0 Å². The van der Waals surface area contributed by atoms with Crippen LogP contribution in [-0.4, -0.2) is 55.7 Å². The van der Waals surface area contributed by atoms with Gasteiger partial charge in [-0.2, -0.15) is 0 Å². The maximum absolute atomic E-state index is 12.4. The molecule has 2 saturated carbocycles. The van der Waals surface area contributed by atoms with Gasteiger partial charge in [-0.05, 0) is 18.9 Å². The molecule has 9 nitrogen and oxygen atoms in total. The molecule has 10 heteroatoms. The maximum atomic E-state index is 12.4. The molecule has 0 amide bonds. The Morgan fingerprint density at radius 3 is 2.60 bits per heavy atom. The summed E-state index contributed by atoms with van der Waals surface area (Å²) in [6, 6.07) is 1.59. The summed E-state index contributed by atoms with van der Waals surface area (Å²) in [4.78, 5) is 20.7. The van der Waals surface area contributed by atoms with Crippen LogP contribution in [0.4, 0.5) is 5.95 Å². The van der Waals surface area contributed by atoms with Crippen LogP contribution >= 0.6 is 0 Å². The van der Waals surface area contributed by atoms with Gasteiger partial charge in [0.25, 0.3) is 0 Å². The Hall–Kier alpha value is -1.78. The maximum Gasteiger partial charge on any atom is 0.318 e. The second kappa shape index (κ2) is 5.61. The highest BCUT2D eigenvalue weighted by Crippen LogP contribution is 2.54. The van der Waals surface area contributed by atoms with E-state index in [1.165, 1.54) is 13.3 Å². The van der Waals surface area contributed by atoms with E-state index in [0.717, 1.165) is 0 Å². The molecule has 2 aliphatic carbocycles. The number of esters is 1. The standard InChI is InChI=1S/C15H19N3O6S/c1-22-12(19)14(8-15(9-14)23-6-7-24-15)11-4-5-16-13(17-11)18-25(20,21)10-2-3-10/h4-5,10H,2-3,6-9H2,1H3,(H,16,17,18). The summed E-state index contributed by atoms with van der Waals surface area (Å²) < 4.78 is 42.7. The van der Waals surface area contributed by atoms with Crippen molar-refractivity contribution in [2.75, 3.05) is 25.0 Å². The molecule has 3 fully saturated rings. The first-order valence-electron chi connectivity index (χ1n) is 8.11. The molecule has 1 N–H and O–H groups in total. The van der Waals surface area contributed by atoms with Gasteiger partial charge in [-0.25, -0.2) is 18.4 Å². The molecule has 1 aromatic rings. The molecule has 1 aromatic heterocycles. The van der Waals surface area contributed by atoms with Gasteiger partial charge in [0.15, 0.2) is 5.79 Å². The molecule has 4 rings (SSSR count). The summed E-state index contributed by atoms with van der Waals surface area (Å²) in [6.45, 7) is 0.959. The van der Waals surface area contributed by atoms with Crippen molar-refractivity contribution in [3.8, 4) is 0 Å². The second-order valence-electron chi connectivity index (χ2n) is 6.65. The molecule has 136 valence electrons. The molecule has 0 unspecified atom stereocenters. The van der Waals surface area contributed by atoms with Gasteiger partial charge in [0.05, 0.1) is 31.3 Å². The quantitative estimate of drug-likeness (QED) is 0.738. The molecule has 1 aliphatic heterocycles. The first kappa shape index (κ1) is 16.7. The van der Waals surface area contributed by atoms with Gasteiger partial charge in [0, 0.05) is 19.0 Å². The molecular weight excluding hydrogens is 350 g/mol. The van der Waals surface area contributed by atoms with Crippen LogP contribution < -0.4 is 4.72 Å². The van der Waals surface area contributed by atoms with E-state index < -0.39 is 27.2 Å². The van der Waals surface area contributed by atoms with E-state index in [4.69, 9.17) is 14.2 Å². The fraction of sp³-hybridized carbons (Fsp3) is 0.667. The van der Waals surface area contributed by atoms with Crippen LogP contribution in [-0.2, 0) is 34.4 Å². The number of hydrogen-bond acceptors (Lipinski definition) is 8. The lowest BCUT2D eigenvalue weighted by molar-refractivity contribution is -0.244. The zero-order chi connectivity index (χ0) is 17.7. The number of carbonyl (C=O) groups excluding carboxylic acids is 1. The van der Waals surface area contributed by atoms with Gasteiger partial charge >= 0.3 is 5.97 Å². The van der Waals surface area contributed by atoms with Crippen LogP contribution in [0.5, 0.6) is 0 Å². The fourth-order valence-corrected chi connectivity index (χ4v) is 4.73. The van der Waals surface area contributed by atoms with Crippen molar-refractivity contribution in [3.63, 3.8) is 0 Å². The van der Waals surface area contributed by atoms with Crippen molar-refractivity contribution >= 4 is 21.9 Å². The predicted molar refractivity (Wildman–Crippen MR) is 85.2 cm³/mol. The van der Waals surface area contributed by atoms with Crippen molar-refractivity contribution in [2.45, 2.75) is 42.1 Å². The lowest BCUT2D eigenvalue weighted by Gasteiger charge is -2.49. The number of methoxy groups -OCH3 is 1. The zero-order valence-corrected chi connectivity index (χ0v) is 14.5. The van der Waals surface area contributed by atoms with Crippen LogP contribution in [0.1, 0.15) is 31.4 Å². The third kappa shape index (κ3) is 2.77. The van der Waals surface area contributed by atoms with Crippen molar-refractivity contribution in [1.29, 1.82) is 0 Å². The van der Waals surface area contributed by atoms with E-state index in [9.17, 15) is 13.2 Å². The van der Waals surface area contributed by atoms with Crippen LogP contribution in [0.15, 0.2) is 12.3 Å². The number of carbonyl (C=O) groups is 1. The van der Waals surface area contributed by atoms with Crippen LogP contribution in [0.2, 0.25) is 0 Å². The van der Waals surface area contributed by atoms with Crippen molar-refractivity contribution in [1.82, 2.24) is 9.97 Å². The Kier molecular flexibility index (Phi) is 3.74. The second-order valence-corrected chi connectivity index (χ2v) is 8.61. The molecule has 1 spiro atoms. The Morgan fingerprint density at radius 2 is 2.00 bits per heavy atom. The van der Waals surface area contributed by atoms with E-state index in [1.807, 2.05) is 0 Å². The Bertz CT molecular complexity index is 793. The normalized spacial score (nSPS) is 23.9. The largest absolute Gasteiger partial charge is 0.468 e. The van der Waals surface area contributed by atoms with E-state index in [-0.39, 0.29) is 24.0 Å². The topological polar surface area (TPSA) is 117 Å². The van der Waals surface area contributed by atoms with Crippen LogP contribution in [0.25, 0.3) is 0 Å². The zero-order valence-electron chi connectivity index (χ0n) is 13.7. The monoisotopic (exact) mass is 369 g/mol. The van der Waals surface area contributed by atoms with Crippen molar-refractivity contribution in [2.24, 2.45) is 0 Å². The number of nitrogens with zero attached hydrogens (tertiary/aromatic N) is 2. The lowest BCUT2D eigenvalue weighted by atomic mass is 9.62. The average Bonchev–Trinajstić information content (AvgIpc) is 3.31. The van der Waals surface area contributed by atoms with Crippen molar-refractivity contribution in [3.05, 3.63) is 18.0 Å². The highest BCUT2D eigenvalue weighted by atomic mass is 32.2. The Labute approximate surface area is 145 Å². The number of aromatic nitrogens is 2. The predicted octanol–water partition coefficient (Wildman–Crippen LogP) is 0.328. The highest BCUT2D eigenvalue weighted by molar-refractivity contribution is 7.93. The van der Waals surface area contributed by atoms with E-state index >= 15 is 0 Å². The number of rotatable bonds is 5. The van der Waals surface area contributed by atoms with Gasteiger partial charge in [-0.3, -0.25) is 9.52 Å². The summed E-state index contributed by atoms with van der Waals surface area (Å²) in [5.74, 6) is -1.28. The smallest absolute Gasteiger partial charge is 0.318 e. The summed E-state index contributed by atoms with van der Waals surface area (Å²) in [5, 5.41) is -0.387. The third-order valence-corrected chi connectivity index (χ3v) is 6.69. The minimum absolute atomic E-state index is 0.0399.